The van der Waals surface area contributed by atoms with Crippen molar-refractivity contribution in [3.63, 3.8) is 0 Å². The van der Waals surface area contributed by atoms with Gasteiger partial charge in [-0.3, -0.25) is 14.6 Å². The van der Waals surface area contributed by atoms with E-state index >= 15 is 0 Å². The van der Waals surface area contributed by atoms with Crippen LogP contribution in [0, 0.1) is 6.92 Å². The third-order valence-corrected chi connectivity index (χ3v) is 8.49. The van der Waals surface area contributed by atoms with Crippen LogP contribution in [0.25, 0.3) is 31.7 Å². The Morgan fingerprint density at radius 3 is 2.19 bits per heavy atom. The summed E-state index contributed by atoms with van der Waals surface area (Å²) >= 11 is 1.14. The van der Waals surface area contributed by atoms with Crippen molar-refractivity contribution in [2.75, 3.05) is 0 Å². The maximum Gasteiger partial charge on any atom is 1.00 e. The Bertz CT molecular complexity index is 1810. The number of fused-ring (bicyclic) bond motifs is 3. The van der Waals surface area contributed by atoms with E-state index < -0.39 is 16.0 Å². The summed E-state index contributed by atoms with van der Waals surface area (Å²) in [6, 6.07) is 19.0. The maximum absolute atomic E-state index is 12.9. The molecule has 10 heteroatoms. The van der Waals surface area contributed by atoms with Crippen molar-refractivity contribution in [3.8, 4) is 10.6 Å². The minimum atomic E-state index is -4.65. The van der Waals surface area contributed by atoms with Crippen molar-refractivity contribution in [1.29, 1.82) is 0 Å². The predicted molar refractivity (Wildman–Crippen MR) is 131 cm³/mol. The molecular weight excluding hydrogens is 507 g/mol. The van der Waals surface area contributed by atoms with Crippen LogP contribution in [0.5, 0.6) is 0 Å². The minimum absolute atomic E-state index is 0. The second-order valence-electron chi connectivity index (χ2n) is 8.38. The van der Waals surface area contributed by atoms with Crippen LogP contribution in [0.3, 0.4) is 0 Å². The predicted octanol–water partition coefficient (Wildman–Crippen LogP) is 1.89. The average molecular weight is 523 g/mol. The fourth-order valence-corrected chi connectivity index (χ4v) is 6.83. The van der Waals surface area contributed by atoms with Crippen LogP contribution in [0.15, 0.2) is 71.6 Å². The Morgan fingerprint density at radius 2 is 1.53 bits per heavy atom. The molecule has 2 heterocycles. The largest absolute Gasteiger partial charge is 1.00 e. The quantitative estimate of drug-likeness (QED) is 0.202. The molecule has 2 aromatic heterocycles. The van der Waals surface area contributed by atoms with Crippen LogP contribution >= 0.6 is 11.3 Å². The second-order valence-corrected chi connectivity index (χ2v) is 10.7. The van der Waals surface area contributed by atoms with Crippen LogP contribution in [0.2, 0.25) is 0 Å². The summed E-state index contributed by atoms with van der Waals surface area (Å²) in [6.07, 6.45) is 0. The van der Waals surface area contributed by atoms with Crippen LogP contribution in [-0.4, -0.2) is 34.5 Å². The van der Waals surface area contributed by atoms with E-state index in [2.05, 4.69) is 9.97 Å². The maximum atomic E-state index is 12.9. The number of rotatable bonds is 3. The van der Waals surface area contributed by atoms with E-state index in [-0.39, 0.29) is 46.0 Å². The van der Waals surface area contributed by atoms with Gasteiger partial charge in [-0.2, -0.15) is 0 Å². The topological polar surface area (TPSA) is 117 Å². The fourth-order valence-electron chi connectivity index (χ4n) is 4.55. The molecule has 0 amide bonds. The molecule has 0 spiro atoms. The molecule has 0 aliphatic heterocycles. The normalized spacial score (nSPS) is 13.8. The van der Waals surface area contributed by atoms with E-state index in [0.717, 1.165) is 22.3 Å². The minimum Gasteiger partial charge on any atom is -0.744 e. The van der Waals surface area contributed by atoms with E-state index in [1.807, 2.05) is 6.07 Å². The number of carbonyl (C=O) groups is 2. The molecule has 1 aliphatic carbocycles. The van der Waals surface area contributed by atoms with Crippen molar-refractivity contribution in [1.82, 2.24) is 9.97 Å². The number of nitrogens with zero attached hydrogens (tertiary/aromatic N) is 2. The van der Waals surface area contributed by atoms with Crippen LogP contribution < -0.4 is 29.6 Å². The summed E-state index contributed by atoms with van der Waals surface area (Å²) in [4.78, 5) is 34.6. The molecule has 0 unspecified atom stereocenters. The molecule has 1 aliphatic rings. The zero-order valence-corrected chi connectivity index (χ0v) is 22.8. The van der Waals surface area contributed by atoms with Gasteiger partial charge in [-0.05, 0) is 42.8 Å². The third-order valence-electron chi connectivity index (χ3n) is 6.19. The van der Waals surface area contributed by atoms with Crippen LogP contribution in [0.1, 0.15) is 37.9 Å². The molecule has 6 rings (SSSR count). The van der Waals surface area contributed by atoms with E-state index in [1.54, 1.807) is 67.6 Å². The zero-order valence-electron chi connectivity index (χ0n) is 19.2. The Kier molecular flexibility index (Phi) is 6.19. The molecule has 172 valence electrons. The molecule has 0 radical (unpaired) electrons. The first kappa shape index (κ1) is 24.9. The summed E-state index contributed by atoms with van der Waals surface area (Å²) in [5, 5.41) is 1.34. The van der Waals surface area contributed by atoms with Gasteiger partial charge in [0.2, 0.25) is 0 Å². The number of hydrogen-bond donors (Lipinski definition) is 0. The van der Waals surface area contributed by atoms with Crippen molar-refractivity contribution >= 4 is 54.1 Å². The summed E-state index contributed by atoms with van der Waals surface area (Å²) in [7, 11) is -4.65. The van der Waals surface area contributed by atoms with E-state index in [4.69, 9.17) is 0 Å². The van der Waals surface area contributed by atoms with Gasteiger partial charge in [-0.25, -0.2) is 13.4 Å². The first-order valence-electron chi connectivity index (χ1n) is 10.7. The Morgan fingerprint density at radius 1 is 0.861 bits per heavy atom. The van der Waals surface area contributed by atoms with Gasteiger partial charge in [0.15, 0.2) is 11.6 Å². The van der Waals surface area contributed by atoms with Gasteiger partial charge in [0.25, 0.3) is 0 Å². The van der Waals surface area contributed by atoms with E-state index in [9.17, 15) is 22.6 Å². The van der Waals surface area contributed by atoms with Gasteiger partial charge in [-0.15, -0.1) is 11.3 Å². The Hall–Kier alpha value is -2.79. The molecule has 0 saturated carbocycles. The fraction of sp³-hybridized carbons (Fsp3) is 0.0769. The molecule has 0 atom stereocenters. The number of ketones is 2. The molecule has 0 fully saturated rings. The van der Waals surface area contributed by atoms with Gasteiger partial charge >= 0.3 is 29.6 Å². The Balaban J connectivity index is 0.00000267. The number of aryl methyl sites for hydroxylation is 1. The second kappa shape index (κ2) is 8.95. The summed E-state index contributed by atoms with van der Waals surface area (Å²) in [5.74, 6) is -1.44. The van der Waals surface area contributed by atoms with Gasteiger partial charge < -0.3 is 4.55 Å². The standard InChI is InChI=1S/C26H16N2O5S2.Na/c1-13-6-9-20-24(25(13)35(31,32)33)34-26(28-20)15-8-10-18-14(12-15)7-11-19(27-18)21-22(29)16-4-2-3-5-17(16)23(21)30;/h2-12,21H,1H3,(H,31,32,33);/q;+1/p-1. The third kappa shape index (κ3) is 3.92. The van der Waals surface area contributed by atoms with E-state index in [1.165, 1.54) is 0 Å². The number of benzene rings is 3. The molecule has 0 saturated heterocycles. The average Bonchev–Trinajstić information content (AvgIpc) is 3.36. The number of carbonyl (C=O) groups excluding carboxylic acids is 2. The molecular formula is C26H15N2NaO5S2. The van der Waals surface area contributed by atoms with Crippen LogP contribution in [-0.2, 0) is 10.1 Å². The van der Waals surface area contributed by atoms with Crippen LogP contribution in [0.4, 0.5) is 0 Å². The summed E-state index contributed by atoms with van der Waals surface area (Å²) in [5.41, 5.74) is 3.42. The SMILES string of the molecule is Cc1ccc2nc(-c3ccc4nc(C5C(=O)c6ccccc6C5=O)ccc4c3)sc2c1S(=O)(=O)[O-].[Na+]. The van der Waals surface area contributed by atoms with E-state index in [0.29, 0.717) is 43.1 Å². The van der Waals surface area contributed by atoms with Gasteiger partial charge in [0.05, 0.1) is 26.3 Å². The molecule has 0 N–H and O–H groups in total. The Labute approximate surface area is 232 Å². The number of pyridine rings is 1. The molecule has 7 nitrogen and oxygen atoms in total. The molecule has 5 aromatic rings. The van der Waals surface area contributed by atoms with Crippen molar-refractivity contribution < 1.29 is 52.1 Å². The number of Topliss-reactive ketones (excluding diaryl/α,β-unsaturated/α-hetero) is 2. The van der Waals surface area contributed by atoms with Gasteiger partial charge in [0, 0.05) is 22.1 Å². The summed E-state index contributed by atoms with van der Waals surface area (Å²) < 4.78 is 35.8. The van der Waals surface area contributed by atoms with Gasteiger partial charge in [-0.1, -0.05) is 36.4 Å². The monoisotopic (exact) mass is 522 g/mol. The molecule has 3 aromatic carbocycles. The van der Waals surface area contributed by atoms with Gasteiger partial charge in [0.1, 0.15) is 21.0 Å². The molecule has 0 bridgehead atoms. The van der Waals surface area contributed by atoms with Crippen molar-refractivity contribution in [2.45, 2.75) is 17.7 Å². The first-order chi connectivity index (χ1) is 16.7. The number of aromatic nitrogens is 2. The smallest absolute Gasteiger partial charge is 0.744 e. The van der Waals surface area contributed by atoms with Crippen molar-refractivity contribution in [2.24, 2.45) is 0 Å². The van der Waals surface area contributed by atoms with Crippen molar-refractivity contribution in [3.05, 3.63) is 89.1 Å². The zero-order chi connectivity index (χ0) is 24.5. The number of hydrogen-bond acceptors (Lipinski definition) is 8. The molecule has 36 heavy (non-hydrogen) atoms. The number of thiazole rings is 1. The first-order valence-corrected chi connectivity index (χ1v) is 12.9. The summed E-state index contributed by atoms with van der Waals surface area (Å²) in [6.45, 7) is 1.58.